The molecule has 5 nitrogen and oxygen atoms in total. The Bertz CT molecular complexity index is 1260. The van der Waals surface area contributed by atoms with Crippen LogP contribution in [0.15, 0.2) is 88.1 Å². The highest BCUT2D eigenvalue weighted by Crippen LogP contribution is 2.26. The number of benzene rings is 3. The van der Waals surface area contributed by atoms with Crippen LogP contribution in [0.2, 0.25) is 0 Å². The number of hydrogen-bond donors (Lipinski definition) is 1. The summed E-state index contributed by atoms with van der Waals surface area (Å²) in [4.78, 5) is 25.3. The first-order chi connectivity index (χ1) is 15.0. The second-order valence-corrected chi connectivity index (χ2v) is 7.37. The Morgan fingerprint density at radius 2 is 1.68 bits per heavy atom. The second-order valence-electron chi connectivity index (χ2n) is 7.37. The fourth-order valence-corrected chi connectivity index (χ4v) is 3.57. The highest BCUT2D eigenvalue weighted by molar-refractivity contribution is 5.84. The van der Waals surface area contributed by atoms with E-state index in [9.17, 15) is 9.59 Å². The number of rotatable bonds is 6. The van der Waals surface area contributed by atoms with Gasteiger partial charge in [0.2, 0.25) is 5.43 Å². The summed E-state index contributed by atoms with van der Waals surface area (Å²) < 4.78 is 11.6. The molecule has 3 aromatic carbocycles. The normalized spacial score (nSPS) is 11.8. The molecule has 156 valence electrons. The van der Waals surface area contributed by atoms with Crippen molar-refractivity contribution in [3.8, 4) is 16.9 Å². The molecule has 1 N–H and O–H groups in total. The molecule has 1 heterocycles. The van der Waals surface area contributed by atoms with Crippen LogP contribution in [0.1, 0.15) is 24.3 Å². The maximum atomic E-state index is 13.0. The number of aryl methyl sites for hydroxylation is 1. The number of amides is 1. The zero-order chi connectivity index (χ0) is 21.8. The molecule has 1 amide bonds. The van der Waals surface area contributed by atoms with Gasteiger partial charge in [-0.25, -0.2) is 0 Å². The Morgan fingerprint density at radius 1 is 1.00 bits per heavy atom. The standard InChI is InChI=1S/C26H23NO4/c1-17(19-9-5-3-6-10-19)27-24(28)16-30-21-13-14-22-23(15-21)31-18(2)25(26(22)29)20-11-7-4-8-12-20/h3-15,17H,16H2,1-2H3,(H,27,28). The Hall–Kier alpha value is -3.86. The summed E-state index contributed by atoms with van der Waals surface area (Å²) >= 11 is 0. The molecule has 0 bridgehead atoms. The highest BCUT2D eigenvalue weighted by atomic mass is 16.5. The molecule has 4 rings (SSSR count). The third-order valence-corrected chi connectivity index (χ3v) is 5.15. The molecule has 0 aliphatic heterocycles. The van der Waals surface area contributed by atoms with Crippen LogP contribution in [0.25, 0.3) is 22.1 Å². The van der Waals surface area contributed by atoms with Crippen molar-refractivity contribution in [2.24, 2.45) is 0 Å². The van der Waals surface area contributed by atoms with Gasteiger partial charge in [0.15, 0.2) is 6.61 Å². The lowest BCUT2D eigenvalue weighted by Gasteiger charge is -2.15. The summed E-state index contributed by atoms with van der Waals surface area (Å²) in [7, 11) is 0. The summed E-state index contributed by atoms with van der Waals surface area (Å²) in [6.07, 6.45) is 0. The Labute approximate surface area is 180 Å². The van der Waals surface area contributed by atoms with Crippen LogP contribution in [0.4, 0.5) is 0 Å². The molecule has 1 atom stereocenters. The fourth-order valence-electron chi connectivity index (χ4n) is 3.57. The van der Waals surface area contributed by atoms with Gasteiger partial charge < -0.3 is 14.5 Å². The summed E-state index contributed by atoms with van der Waals surface area (Å²) in [5.41, 5.74) is 2.73. The van der Waals surface area contributed by atoms with E-state index < -0.39 is 0 Å². The van der Waals surface area contributed by atoms with E-state index in [-0.39, 0.29) is 24.0 Å². The van der Waals surface area contributed by atoms with E-state index in [1.54, 1.807) is 25.1 Å². The monoisotopic (exact) mass is 413 g/mol. The predicted molar refractivity (Wildman–Crippen MR) is 121 cm³/mol. The topological polar surface area (TPSA) is 68.5 Å². The summed E-state index contributed by atoms with van der Waals surface area (Å²) in [5, 5.41) is 3.38. The number of ether oxygens (including phenoxy) is 1. The molecule has 4 aromatic rings. The van der Waals surface area contributed by atoms with Gasteiger partial charge in [0.05, 0.1) is 17.0 Å². The number of carbonyl (C=O) groups excluding carboxylic acids is 1. The quantitative estimate of drug-likeness (QED) is 0.482. The average molecular weight is 413 g/mol. The van der Waals surface area contributed by atoms with Gasteiger partial charge in [-0.05, 0) is 37.1 Å². The molecule has 5 heteroatoms. The van der Waals surface area contributed by atoms with Crippen molar-refractivity contribution in [1.29, 1.82) is 0 Å². The lowest BCUT2D eigenvalue weighted by Crippen LogP contribution is -2.31. The van der Waals surface area contributed by atoms with Crippen molar-refractivity contribution in [3.63, 3.8) is 0 Å². The van der Waals surface area contributed by atoms with Crippen molar-refractivity contribution >= 4 is 16.9 Å². The number of fused-ring (bicyclic) bond motifs is 1. The molecular weight excluding hydrogens is 390 g/mol. The first-order valence-electron chi connectivity index (χ1n) is 10.1. The van der Waals surface area contributed by atoms with Crippen LogP contribution in [-0.2, 0) is 4.79 Å². The molecule has 0 radical (unpaired) electrons. The van der Waals surface area contributed by atoms with Gasteiger partial charge in [0.1, 0.15) is 17.1 Å². The average Bonchev–Trinajstić information content (AvgIpc) is 2.79. The zero-order valence-electron chi connectivity index (χ0n) is 17.4. The Morgan fingerprint density at radius 3 is 2.39 bits per heavy atom. The third-order valence-electron chi connectivity index (χ3n) is 5.15. The molecule has 0 aliphatic carbocycles. The number of nitrogens with one attached hydrogen (secondary N) is 1. The van der Waals surface area contributed by atoms with Crippen molar-refractivity contribution < 1.29 is 13.9 Å². The molecule has 31 heavy (non-hydrogen) atoms. The van der Waals surface area contributed by atoms with E-state index in [0.29, 0.717) is 28.0 Å². The van der Waals surface area contributed by atoms with E-state index in [1.807, 2.05) is 67.6 Å². The largest absolute Gasteiger partial charge is 0.484 e. The van der Waals surface area contributed by atoms with Crippen LogP contribution < -0.4 is 15.5 Å². The molecule has 0 saturated heterocycles. The van der Waals surface area contributed by atoms with Crippen molar-refractivity contribution in [2.75, 3.05) is 6.61 Å². The third kappa shape index (κ3) is 4.51. The minimum Gasteiger partial charge on any atom is -0.484 e. The van der Waals surface area contributed by atoms with Crippen LogP contribution in [0.3, 0.4) is 0 Å². The van der Waals surface area contributed by atoms with Gasteiger partial charge in [-0.1, -0.05) is 60.7 Å². The van der Waals surface area contributed by atoms with E-state index in [2.05, 4.69) is 5.32 Å². The van der Waals surface area contributed by atoms with Crippen LogP contribution >= 0.6 is 0 Å². The Kier molecular flexibility index (Phi) is 5.85. The molecule has 0 spiro atoms. The van der Waals surface area contributed by atoms with Gasteiger partial charge in [0, 0.05) is 6.07 Å². The molecule has 1 aromatic heterocycles. The fraction of sp³-hybridized carbons (Fsp3) is 0.154. The van der Waals surface area contributed by atoms with Gasteiger partial charge in [-0.3, -0.25) is 9.59 Å². The van der Waals surface area contributed by atoms with Gasteiger partial charge >= 0.3 is 0 Å². The maximum Gasteiger partial charge on any atom is 0.258 e. The number of carbonyl (C=O) groups is 1. The van der Waals surface area contributed by atoms with Crippen LogP contribution in [0, 0.1) is 6.92 Å². The van der Waals surface area contributed by atoms with E-state index in [1.165, 1.54) is 0 Å². The number of hydrogen-bond acceptors (Lipinski definition) is 4. The first kappa shape index (κ1) is 20.4. The minimum atomic E-state index is -0.228. The smallest absolute Gasteiger partial charge is 0.258 e. The Balaban J connectivity index is 1.49. The van der Waals surface area contributed by atoms with Gasteiger partial charge in [0.25, 0.3) is 5.91 Å². The van der Waals surface area contributed by atoms with Crippen LogP contribution in [0.5, 0.6) is 5.75 Å². The zero-order valence-corrected chi connectivity index (χ0v) is 17.4. The lowest BCUT2D eigenvalue weighted by molar-refractivity contribution is -0.123. The van der Waals surface area contributed by atoms with Crippen LogP contribution in [-0.4, -0.2) is 12.5 Å². The summed E-state index contributed by atoms with van der Waals surface area (Å²) in [5.74, 6) is 0.772. The van der Waals surface area contributed by atoms with Crippen molar-refractivity contribution in [2.45, 2.75) is 19.9 Å². The summed E-state index contributed by atoms with van der Waals surface area (Å²) in [6.45, 7) is 3.56. The summed E-state index contributed by atoms with van der Waals surface area (Å²) in [6, 6.07) is 24.1. The molecule has 0 fully saturated rings. The lowest BCUT2D eigenvalue weighted by atomic mass is 10.0. The van der Waals surface area contributed by atoms with E-state index in [0.717, 1.165) is 11.1 Å². The molecule has 0 aliphatic rings. The first-order valence-corrected chi connectivity index (χ1v) is 10.1. The molecular formula is C26H23NO4. The molecule has 0 saturated carbocycles. The maximum absolute atomic E-state index is 13.0. The highest BCUT2D eigenvalue weighted by Gasteiger charge is 2.15. The minimum absolute atomic E-state index is 0.0917. The molecule has 1 unspecified atom stereocenters. The van der Waals surface area contributed by atoms with Crippen molar-refractivity contribution in [1.82, 2.24) is 5.32 Å². The van der Waals surface area contributed by atoms with Crippen molar-refractivity contribution in [3.05, 3.63) is 100 Å². The predicted octanol–water partition coefficient (Wildman–Crippen LogP) is 5.02. The van der Waals surface area contributed by atoms with E-state index in [4.69, 9.17) is 9.15 Å². The van der Waals surface area contributed by atoms with E-state index >= 15 is 0 Å². The SMILES string of the molecule is Cc1oc2cc(OCC(=O)NC(C)c3ccccc3)ccc2c(=O)c1-c1ccccc1. The van der Waals surface area contributed by atoms with Gasteiger partial charge in [-0.15, -0.1) is 0 Å². The van der Waals surface area contributed by atoms with Gasteiger partial charge in [-0.2, -0.15) is 0 Å². The second kappa shape index (κ2) is 8.88.